The number of likely N-dealkylation sites (tertiary alicyclic amines) is 1. The zero-order valence-corrected chi connectivity index (χ0v) is 16.3. The van der Waals surface area contributed by atoms with E-state index in [9.17, 15) is 35.9 Å². The van der Waals surface area contributed by atoms with Gasteiger partial charge in [0.15, 0.2) is 17.5 Å². The van der Waals surface area contributed by atoms with Gasteiger partial charge in [-0.2, -0.15) is 13.2 Å². The number of carbonyl (C=O) groups excluding carboxylic acids is 2. The van der Waals surface area contributed by atoms with Crippen LogP contribution in [0.2, 0.25) is 0 Å². The first-order valence-corrected chi connectivity index (χ1v) is 8.61. The minimum atomic E-state index is -4.80. The quantitative estimate of drug-likeness (QED) is 0.334. The summed E-state index contributed by atoms with van der Waals surface area (Å²) < 4.78 is 81.2. The van der Waals surface area contributed by atoms with E-state index in [-0.39, 0.29) is 6.54 Å². The van der Waals surface area contributed by atoms with Gasteiger partial charge in [0.1, 0.15) is 11.6 Å². The third-order valence-electron chi connectivity index (χ3n) is 4.70. The van der Waals surface area contributed by atoms with Gasteiger partial charge in [-0.15, -0.1) is 0 Å². The average Bonchev–Trinajstić information content (AvgIpc) is 2.93. The predicted molar refractivity (Wildman–Crippen MR) is 96.5 cm³/mol. The molecule has 0 bridgehead atoms. The summed E-state index contributed by atoms with van der Waals surface area (Å²) in [5.41, 5.74) is -2.23. The van der Waals surface area contributed by atoms with Crippen molar-refractivity contribution in [3.63, 3.8) is 0 Å². The molecule has 1 aromatic rings. The number of allylic oxidation sites excluding steroid dienone is 2. The number of hydrogen-bond donors (Lipinski definition) is 1. The molecule has 1 aliphatic rings. The van der Waals surface area contributed by atoms with E-state index in [0.717, 1.165) is 36.0 Å². The van der Waals surface area contributed by atoms with Crippen molar-refractivity contribution >= 4 is 17.5 Å². The molecule has 2 amide bonds. The van der Waals surface area contributed by atoms with Gasteiger partial charge in [-0.25, -0.2) is 13.2 Å². The van der Waals surface area contributed by atoms with Crippen molar-refractivity contribution in [1.29, 1.82) is 0 Å². The molecule has 30 heavy (non-hydrogen) atoms. The number of nitrogens with zero attached hydrogens (tertiary/aromatic N) is 2. The summed E-state index contributed by atoms with van der Waals surface area (Å²) in [4.78, 5) is 27.1. The molecule has 1 aromatic carbocycles. The van der Waals surface area contributed by atoms with E-state index in [2.05, 4.69) is 6.58 Å². The van der Waals surface area contributed by atoms with Crippen molar-refractivity contribution in [2.45, 2.75) is 6.18 Å². The Bertz CT molecular complexity index is 910. The molecular formula is C19H19F6N3O2. The number of benzene rings is 1. The Kier molecular flexibility index (Phi) is 6.53. The van der Waals surface area contributed by atoms with Crippen molar-refractivity contribution in [1.82, 2.24) is 9.80 Å². The first kappa shape index (κ1) is 23.3. The molecule has 0 aromatic heterocycles. The smallest absolute Gasteiger partial charge is 0.373 e. The molecule has 1 aliphatic heterocycles. The fourth-order valence-electron chi connectivity index (χ4n) is 3.40. The summed E-state index contributed by atoms with van der Waals surface area (Å²) in [5, 5.41) is 1.97. The van der Waals surface area contributed by atoms with Crippen LogP contribution in [-0.4, -0.2) is 55.5 Å². The van der Waals surface area contributed by atoms with Gasteiger partial charge in [0.05, 0.1) is 5.69 Å². The lowest BCUT2D eigenvalue weighted by molar-refractivity contribution is -0.135. The Morgan fingerprint density at radius 3 is 2.33 bits per heavy atom. The number of anilines is 1. The average molecular weight is 435 g/mol. The summed E-state index contributed by atoms with van der Waals surface area (Å²) >= 11 is 0. The highest BCUT2D eigenvalue weighted by molar-refractivity contribution is 6.08. The normalized spacial score (nSPS) is 20.2. The number of rotatable bonds is 5. The second-order valence-electron chi connectivity index (χ2n) is 6.92. The highest BCUT2D eigenvalue weighted by Gasteiger charge is 2.48. The topological polar surface area (TPSA) is 52.7 Å². The molecule has 1 heterocycles. The molecular weight excluding hydrogens is 416 g/mol. The van der Waals surface area contributed by atoms with E-state index in [1.807, 2.05) is 5.32 Å². The monoisotopic (exact) mass is 435 g/mol. The van der Waals surface area contributed by atoms with Gasteiger partial charge in [0, 0.05) is 33.6 Å². The van der Waals surface area contributed by atoms with Crippen LogP contribution < -0.4 is 5.32 Å². The van der Waals surface area contributed by atoms with Crippen molar-refractivity contribution in [2.24, 2.45) is 11.8 Å². The van der Waals surface area contributed by atoms with Gasteiger partial charge < -0.3 is 15.1 Å². The van der Waals surface area contributed by atoms with E-state index in [1.54, 1.807) is 0 Å². The predicted octanol–water partition coefficient (Wildman–Crippen LogP) is 3.31. The summed E-state index contributed by atoms with van der Waals surface area (Å²) in [7, 11) is 3.60. The number of amides is 2. The number of alkyl halides is 3. The Balaban J connectivity index is 2.51. The van der Waals surface area contributed by atoms with Crippen molar-refractivity contribution in [3.8, 4) is 0 Å². The van der Waals surface area contributed by atoms with E-state index in [4.69, 9.17) is 0 Å². The van der Waals surface area contributed by atoms with E-state index >= 15 is 0 Å². The lowest BCUT2D eigenvalue weighted by Crippen LogP contribution is -2.36. The van der Waals surface area contributed by atoms with Crippen molar-refractivity contribution in [2.75, 3.05) is 33.0 Å². The first-order chi connectivity index (χ1) is 13.8. The van der Waals surface area contributed by atoms with Crippen LogP contribution >= 0.6 is 0 Å². The molecule has 11 heteroatoms. The zero-order chi connectivity index (χ0) is 23.0. The maximum Gasteiger partial charge on any atom is 0.431 e. The zero-order valence-electron chi connectivity index (χ0n) is 16.3. The third kappa shape index (κ3) is 4.29. The summed E-state index contributed by atoms with van der Waals surface area (Å²) in [6, 6.07) is 1.31. The van der Waals surface area contributed by atoms with Crippen LogP contribution in [0, 0.1) is 29.3 Å². The van der Waals surface area contributed by atoms with Crippen LogP contribution in [0.15, 0.2) is 36.1 Å². The van der Waals surface area contributed by atoms with Crippen LogP contribution in [0.4, 0.5) is 32.0 Å². The lowest BCUT2D eigenvalue weighted by atomic mass is 9.85. The Morgan fingerprint density at radius 2 is 1.83 bits per heavy atom. The second kappa shape index (κ2) is 8.41. The Labute approximate surface area is 168 Å². The van der Waals surface area contributed by atoms with Gasteiger partial charge in [0.25, 0.3) is 0 Å². The summed E-state index contributed by atoms with van der Waals surface area (Å²) in [5.74, 6) is -9.89. The van der Waals surface area contributed by atoms with Crippen LogP contribution in [0.25, 0.3) is 0 Å². The van der Waals surface area contributed by atoms with E-state index in [0.29, 0.717) is 6.07 Å². The highest BCUT2D eigenvalue weighted by atomic mass is 19.4. The molecule has 5 nitrogen and oxygen atoms in total. The largest absolute Gasteiger partial charge is 0.431 e. The second-order valence-corrected chi connectivity index (χ2v) is 6.92. The fraction of sp³-hybridized carbons (Fsp3) is 0.368. The molecule has 0 unspecified atom stereocenters. The maximum absolute atomic E-state index is 13.9. The molecule has 164 valence electrons. The molecule has 1 fully saturated rings. The van der Waals surface area contributed by atoms with Crippen LogP contribution in [-0.2, 0) is 9.59 Å². The number of hydrogen-bond acceptors (Lipinski definition) is 3. The number of halogens is 6. The number of carbonyl (C=O) groups is 2. The molecule has 2 atom stereocenters. The first-order valence-electron chi connectivity index (χ1n) is 8.61. The molecule has 0 aliphatic carbocycles. The maximum atomic E-state index is 13.9. The Hall–Kier alpha value is -2.98. The van der Waals surface area contributed by atoms with Crippen LogP contribution in [0.3, 0.4) is 0 Å². The van der Waals surface area contributed by atoms with Crippen molar-refractivity contribution < 1.29 is 35.9 Å². The minimum Gasteiger partial charge on any atom is -0.373 e. The van der Waals surface area contributed by atoms with Gasteiger partial charge in [0.2, 0.25) is 11.8 Å². The third-order valence-corrected chi connectivity index (χ3v) is 4.70. The van der Waals surface area contributed by atoms with Gasteiger partial charge in [-0.3, -0.25) is 9.59 Å². The van der Waals surface area contributed by atoms with Crippen LogP contribution in [0.1, 0.15) is 0 Å². The molecule has 0 spiro atoms. The summed E-state index contributed by atoms with van der Waals surface area (Å²) in [6.07, 6.45) is -3.89. The lowest BCUT2D eigenvalue weighted by Gasteiger charge is -2.27. The standard InChI is InChI=1S/C19H19F6N3O2/c1-5-9(16(27(2)3)19(23,24)25)10-8-28(4)18(30)13(10)17(29)26-12-7-6-11(20)14(21)15(12)22/h5-7,10,13H,1,8H2,2-4H3,(H,26,29)/b16-9+/t10-,13+/m1/s1. The molecule has 0 saturated carbocycles. The highest BCUT2D eigenvalue weighted by Crippen LogP contribution is 2.39. The number of nitrogens with one attached hydrogen (secondary N) is 1. The minimum absolute atomic E-state index is 0.230. The summed E-state index contributed by atoms with van der Waals surface area (Å²) in [6.45, 7) is 3.16. The van der Waals surface area contributed by atoms with Gasteiger partial charge in [-0.05, 0) is 17.7 Å². The molecule has 2 rings (SSSR count). The molecule has 1 N–H and O–H groups in total. The van der Waals surface area contributed by atoms with Gasteiger partial charge >= 0.3 is 6.18 Å². The van der Waals surface area contributed by atoms with E-state index in [1.165, 1.54) is 7.05 Å². The van der Waals surface area contributed by atoms with Crippen molar-refractivity contribution in [3.05, 3.63) is 53.5 Å². The Morgan fingerprint density at radius 1 is 1.23 bits per heavy atom. The molecule has 1 saturated heterocycles. The van der Waals surface area contributed by atoms with Crippen LogP contribution in [0.5, 0.6) is 0 Å². The van der Waals surface area contributed by atoms with E-state index < -0.39 is 64.2 Å². The molecule has 0 radical (unpaired) electrons. The van der Waals surface area contributed by atoms with Gasteiger partial charge in [-0.1, -0.05) is 12.7 Å². The fourth-order valence-corrected chi connectivity index (χ4v) is 3.40. The SMILES string of the molecule is C=C/C(=C(\N(C)C)C(F)(F)F)[C@H]1CN(C)C(=O)[C@@H]1C(=O)Nc1ccc(F)c(F)c1F.